The zero-order chi connectivity index (χ0) is 26.3. The molecule has 1 N–H and O–H groups in total. The standard InChI is InChI=1S/C28H25F2N3O3S/c1-16-15-18(7-9-20(16)29)25(35)24-19-8-10-23(34)33(22-6-4-3-5-21(22)30)28(19)37-27(24)31-26(36)17-11-13-32(2)14-12-17/h3-10,15,17H,11-14H2,1-2H3,(H,31,36). The number of carbonyl (C=O) groups is 2. The third-order valence-electron chi connectivity index (χ3n) is 6.81. The Morgan fingerprint density at radius 3 is 2.43 bits per heavy atom. The van der Waals surface area contributed by atoms with Crippen LogP contribution in [0.4, 0.5) is 13.8 Å². The SMILES string of the molecule is Cc1cc(C(=O)c2c(NC(=O)C3CCN(C)CC3)sc3c2ccc(=O)n3-c2ccccc2F)ccc1F. The van der Waals surface area contributed by atoms with Crippen LogP contribution in [0.25, 0.3) is 15.9 Å². The first-order valence-corrected chi connectivity index (χ1v) is 12.8. The van der Waals surface area contributed by atoms with Gasteiger partial charge in [0.2, 0.25) is 5.91 Å². The Hall–Kier alpha value is -3.69. The van der Waals surface area contributed by atoms with E-state index in [2.05, 4.69) is 10.2 Å². The molecule has 0 bridgehead atoms. The molecule has 4 aromatic rings. The molecular weight excluding hydrogens is 496 g/mol. The zero-order valence-electron chi connectivity index (χ0n) is 20.4. The van der Waals surface area contributed by atoms with Crippen molar-refractivity contribution >= 4 is 38.2 Å². The molecule has 1 aliphatic rings. The van der Waals surface area contributed by atoms with Crippen LogP contribution in [0.3, 0.4) is 0 Å². The molecule has 0 spiro atoms. The number of piperidine rings is 1. The lowest BCUT2D eigenvalue weighted by molar-refractivity contribution is -0.121. The highest BCUT2D eigenvalue weighted by molar-refractivity contribution is 7.23. The molecule has 6 nitrogen and oxygen atoms in total. The Morgan fingerprint density at radius 2 is 1.73 bits per heavy atom. The summed E-state index contributed by atoms with van der Waals surface area (Å²) < 4.78 is 29.9. The average molecular weight is 522 g/mol. The molecule has 190 valence electrons. The molecule has 1 fully saturated rings. The maximum Gasteiger partial charge on any atom is 0.256 e. The second-order valence-electron chi connectivity index (χ2n) is 9.34. The predicted molar refractivity (Wildman–Crippen MR) is 141 cm³/mol. The van der Waals surface area contributed by atoms with Gasteiger partial charge in [-0.1, -0.05) is 23.5 Å². The minimum absolute atomic E-state index is 0.0455. The summed E-state index contributed by atoms with van der Waals surface area (Å²) >= 11 is 1.05. The molecule has 2 aromatic carbocycles. The van der Waals surface area contributed by atoms with Gasteiger partial charge in [-0.2, -0.15) is 0 Å². The van der Waals surface area contributed by atoms with Gasteiger partial charge in [-0.25, -0.2) is 8.78 Å². The number of aromatic nitrogens is 1. The van der Waals surface area contributed by atoms with Gasteiger partial charge in [-0.3, -0.25) is 19.0 Å². The zero-order valence-corrected chi connectivity index (χ0v) is 21.2. The number of carbonyl (C=O) groups excluding carboxylic acids is 2. The molecular formula is C28H25F2N3O3S. The highest BCUT2D eigenvalue weighted by atomic mass is 32.1. The maximum absolute atomic E-state index is 14.7. The summed E-state index contributed by atoms with van der Waals surface area (Å²) in [5.74, 6) is -1.87. The fraction of sp³-hybridized carbons (Fsp3) is 0.250. The van der Waals surface area contributed by atoms with Crippen molar-refractivity contribution in [2.45, 2.75) is 19.8 Å². The van der Waals surface area contributed by atoms with Gasteiger partial charge in [0.1, 0.15) is 21.5 Å². The molecule has 1 aliphatic heterocycles. The summed E-state index contributed by atoms with van der Waals surface area (Å²) in [6.07, 6.45) is 1.38. The van der Waals surface area contributed by atoms with Crippen LogP contribution in [0.2, 0.25) is 0 Å². The largest absolute Gasteiger partial charge is 0.317 e. The Labute approximate surface area is 216 Å². The fourth-order valence-corrected chi connectivity index (χ4v) is 5.88. The second-order valence-corrected chi connectivity index (χ2v) is 10.3. The highest BCUT2D eigenvalue weighted by Gasteiger charge is 2.28. The van der Waals surface area contributed by atoms with Crippen LogP contribution in [-0.2, 0) is 4.79 Å². The number of pyridine rings is 1. The quantitative estimate of drug-likeness (QED) is 0.369. The lowest BCUT2D eigenvalue weighted by Crippen LogP contribution is -2.36. The van der Waals surface area contributed by atoms with Crippen LogP contribution in [-0.4, -0.2) is 41.3 Å². The van der Waals surface area contributed by atoms with Crippen LogP contribution >= 0.6 is 11.3 Å². The molecule has 0 radical (unpaired) electrons. The highest BCUT2D eigenvalue weighted by Crippen LogP contribution is 2.38. The number of nitrogens with one attached hydrogen (secondary N) is 1. The molecule has 0 unspecified atom stereocenters. The van der Waals surface area contributed by atoms with E-state index < -0.39 is 23.0 Å². The minimum atomic E-state index is -0.593. The number of anilines is 1. The number of benzene rings is 2. The molecule has 3 heterocycles. The number of para-hydroxylation sites is 1. The molecule has 0 saturated carbocycles. The first kappa shape index (κ1) is 25.0. The Kier molecular flexibility index (Phi) is 6.74. The van der Waals surface area contributed by atoms with Gasteiger partial charge in [0.15, 0.2) is 5.78 Å². The van der Waals surface area contributed by atoms with Crippen molar-refractivity contribution in [3.8, 4) is 5.69 Å². The van der Waals surface area contributed by atoms with Crippen LogP contribution in [0.1, 0.15) is 34.3 Å². The minimum Gasteiger partial charge on any atom is -0.317 e. The Balaban J connectivity index is 1.68. The van der Waals surface area contributed by atoms with Gasteiger partial charge in [0.25, 0.3) is 5.56 Å². The van der Waals surface area contributed by atoms with Crippen LogP contribution in [0.5, 0.6) is 0 Å². The Morgan fingerprint density at radius 1 is 1.00 bits per heavy atom. The van der Waals surface area contributed by atoms with Crippen LogP contribution < -0.4 is 10.9 Å². The second kappa shape index (κ2) is 9.99. The van der Waals surface area contributed by atoms with E-state index >= 15 is 0 Å². The molecule has 37 heavy (non-hydrogen) atoms. The number of amides is 1. The molecule has 2 aromatic heterocycles. The monoisotopic (exact) mass is 521 g/mol. The first-order chi connectivity index (χ1) is 17.7. The van der Waals surface area contributed by atoms with Crippen molar-refractivity contribution in [1.29, 1.82) is 0 Å². The van der Waals surface area contributed by atoms with Crippen molar-refractivity contribution in [1.82, 2.24) is 9.47 Å². The van der Waals surface area contributed by atoms with E-state index in [0.717, 1.165) is 24.4 Å². The summed E-state index contributed by atoms with van der Waals surface area (Å²) in [5.41, 5.74) is 0.327. The summed E-state index contributed by atoms with van der Waals surface area (Å²) in [7, 11) is 2.00. The summed E-state index contributed by atoms with van der Waals surface area (Å²) in [6, 6.07) is 12.7. The predicted octanol–water partition coefficient (Wildman–Crippen LogP) is 5.15. The number of halogens is 2. The van der Waals surface area contributed by atoms with Crippen molar-refractivity contribution in [2.75, 3.05) is 25.5 Å². The van der Waals surface area contributed by atoms with E-state index in [1.807, 2.05) is 7.05 Å². The summed E-state index contributed by atoms with van der Waals surface area (Å²) in [4.78, 5) is 42.4. The Bertz CT molecular complexity index is 1590. The molecule has 0 atom stereocenters. The van der Waals surface area contributed by atoms with Crippen LogP contribution in [0.15, 0.2) is 59.4 Å². The van der Waals surface area contributed by atoms with Crippen molar-refractivity contribution in [2.24, 2.45) is 5.92 Å². The number of ketones is 1. The van der Waals surface area contributed by atoms with Gasteiger partial charge in [0.05, 0.1) is 11.3 Å². The number of rotatable bonds is 5. The first-order valence-electron chi connectivity index (χ1n) is 12.0. The number of hydrogen-bond acceptors (Lipinski definition) is 5. The topological polar surface area (TPSA) is 71.4 Å². The van der Waals surface area contributed by atoms with E-state index in [4.69, 9.17) is 0 Å². The van der Waals surface area contributed by atoms with Gasteiger partial charge >= 0.3 is 0 Å². The third-order valence-corrected chi connectivity index (χ3v) is 7.91. The smallest absolute Gasteiger partial charge is 0.256 e. The summed E-state index contributed by atoms with van der Waals surface area (Å²) in [6.45, 7) is 3.15. The van der Waals surface area contributed by atoms with Gasteiger partial charge in [0, 0.05) is 22.9 Å². The number of hydrogen-bond donors (Lipinski definition) is 1. The molecule has 1 amide bonds. The third kappa shape index (κ3) is 4.72. The van der Waals surface area contributed by atoms with Gasteiger partial charge in [-0.05, 0) is 81.9 Å². The number of fused-ring (bicyclic) bond motifs is 1. The van der Waals surface area contributed by atoms with Crippen molar-refractivity contribution in [3.05, 3.63) is 93.3 Å². The normalized spacial score (nSPS) is 14.7. The number of thiophene rings is 1. The van der Waals surface area contributed by atoms with E-state index in [1.54, 1.807) is 13.0 Å². The lowest BCUT2D eigenvalue weighted by atomic mass is 9.96. The summed E-state index contributed by atoms with van der Waals surface area (Å²) in [5, 5.41) is 3.61. The van der Waals surface area contributed by atoms with E-state index in [1.165, 1.54) is 53.1 Å². The fourth-order valence-electron chi connectivity index (χ4n) is 4.67. The number of nitrogens with zero attached hydrogens (tertiary/aromatic N) is 2. The van der Waals surface area contributed by atoms with E-state index in [0.29, 0.717) is 28.6 Å². The van der Waals surface area contributed by atoms with Gasteiger partial charge in [-0.15, -0.1) is 0 Å². The van der Waals surface area contributed by atoms with E-state index in [-0.39, 0.29) is 33.6 Å². The number of aryl methyl sites for hydroxylation is 1. The molecule has 9 heteroatoms. The molecule has 1 saturated heterocycles. The maximum atomic E-state index is 14.7. The number of likely N-dealkylation sites (tertiary alicyclic amines) is 1. The lowest BCUT2D eigenvalue weighted by Gasteiger charge is -2.27. The van der Waals surface area contributed by atoms with E-state index in [9.17, 15) is 23.2 Å². The van der Waals surface area contributed by atoms with Crippen LogP contribution in [0, 0.1) is 24.5 Å². The van der Waals surface area contributed by atoms with Crippen molar-refractivity contribution in [3.63, 3.8) is 0 Å². The van der Waals surface area contributed by atoms with Gasteiger partial charge < -0.3 is 10.2 Å². The molecule has 5 rings (SSSR count). The van der Waals surface area contributed by atoms with Crippen molar-refractivity contribution < 1.29 is 18.4 Å². The molecule has 0 aliphatic carbocycles. The average Bonchev–Trinajstić information content (AvgIpc) is 3.24.